The van der Waals surface area contributed by atoms with Crippen LogP contribution in [0.4, 0.5) is 9.18 Å². The van der Waals surface area contributed by atoms with Crippen molar-refractivity contribution < 1.29 is 18.7 Å². The van der Waals surface area contributed by atoms with Crippen molar-refractivity contribution >= 4 is 11.9 Å². The van der Waals surface area contributed by atoms with Crippen molar-refractivity contribution in [1.29, 1.82) is 0 Å². The van der Waals surface area contributed by atoms with Gasteiger partial charge in [0.15, 0.2) is 0 Å². The van der Waals surface area contributed by atoms with E-state index in [4.69, 9.17) is 4.74 Å². The van der Waals surface area contributed by atoms with Crippen LogP contribution in [0, 0.1) is 5.82 Å². The van der Waals surface area contributed by atoms with Crippen molar-refractivity contribution in [3.63, 3.8) is 0 Å². The molecule has 0 bridgehead atoms. The van der Waals surface area contributed by atoms with Crippen molar-refractivity contribution in [1.82, 2.24) is 16.0 Å². The minimum Gasteiger partial charge on any atom is -0.383 e. The molecule has 1 aromatic rings. The van der Waals surface area contributed by atoms with Crippen LogP contribution in [0.5, 0.6) is 0 Å². The van der Waals surface area contributed by atoms with Crippen LogP contribution in [0.3, 0.4) is 0 Å². The average Bonchev–Trinajstić information content (AvgIpc) is 2.47. The first-order valence-corrected chi connectivity index (χ1v) is 6.68. The third-order valence-electron chi connectivity index (χ3n) is 2.63. The van der Waals surface area contributed by atoms with Gasteiger partial charge in [-0.1, -0.05) is 12.1 Å². The predicted octanol–water partition coefficient (Wildman–Crippen LogP) is 0.891. The van der Waals surface area contributed by atoms with E-state index in [2.05, 4.69) is 16.0 Å². The fraction of sp³-hybridized carbons (Fsp3) is 0.429. The summed E-state index contributed by atoms with van der Waals surface area (Å²) in [5, 5.41) is 7.84. The third-order valence-corrected chi connectivity index (χ3v) is 2.63. The maximum Gasteiger partial charge on any atom is 0.314 e. The van der Waals surface area contributed by atoms with Crippen LogP contribution in [0.15, 0.2) is 24.3 Å². The first-order chi connectivity index (χ1) is 10.1. The molecule has 7 heteroatoms. The molecule has 0 aliphatic carbocycles. The number of halogens is 1. The Labute approximate surface area is 123 Å². The lowest BCUT2D eigenvalue weighted by Gasteiger charge is -2.08. The van der Waals surface area contributed by atoms with Gasteiger partial charge in [0.2, 0.25) is 0 Å². The number of ether oxygens (including phenoxy) is 1. The Kier molecular flexibility index (Phi) is 7.81. The Balaban J connectivity index is 2.13. The SMILES string of the molecule is COCCNC(=O)NCCCNC(=O)c1ccccc1F. The summed E-state index contributed by atoms with van der Waals surface area (Å²) in [6.45, 7) is 1.65. The molecule has 0 radical (unpaired) electrons. The van der Waals surface area contributed by atoms with Crippen LogP contribution in [-0.4, -0.2) is 45.3 Å². The number of methoxy groups -OCH3 is 1. The molecule has 116 valence electrons. The lowest BCUT2D eigenvalue weighted by atomic mass is 10.2. The van der Waals surface area contributed by atoms with Crippen LogP contribution in [-0.2, 0) is 4.74 Å². The summed E-state index contributed by atoms with van der Waals surface area (Å²) >= 11 is 0. The molecule has 0 saturated carbocycles. The highest BCUT2D eigenvalue weighted by Gasteiger charge is 2.09. The number of carbonyl (C=O) groups excluding carboxylic acids is 2. The van der Waals surface area contributed by atoms with Gasteiger partial charge in [0.25, 0.3) is 5.91 Å². The van der Waals surface area contributed by atoms with Gasteiger partial charge in [0.05, 0.1) is 12.2 Å². The highest BCUT2D eigenvalue weighted by Crippen LogP contribution is 2.05. The maximum atomic E-state index is 13.3. The fourth-order valence-corrected chi connectivity index (χ4v) is 1.56. The predicted molar refractivity (Wildman–Crippen MR) is 76.6 cm³/mol. The number of urea groups is 1. The van der Waals surface area contributed by atoms with Gasteiger partial charge in [-0.15, -0.1) is 0 Å². The molecule has 0 atom stereocenters. The van der Waals surface area contributed by atoms with Crippen molar-refractivity contribution in [2.45, 2.75) is 6.42 Å². The minimum atomic E-state index is -0.550. The van der Waals surface area contributed by atoms with Crippen molar-refractivity contribution in [2.75, 3.05) is 33.4 Å². The number of rotatable bonds is 8. The van der Waals surface area contributed by atoms with Crippen LogP contribution in [0.2, 0.25) is 0 Å². The molecule has 1 rings (SSSR count). The van der Waals surface area contributed by atoms with E-state index in [1.165, 1.54) is 18.2 Å². The molecular formula is C14H20FN3O3. The van der Waals surface area contributed by atoms with E-state index in [1.807, 2.05) is 0 Å². The smallest absolute Gasteiger partial charge is 0.314 e. The average molecular weight is 297 g/mol. The normalized spacial score (nSPS) is 10.0. The summed E-state index contributed by atoms with van der Waals surface area (Å²) in [6.07, 6.45) is 0.553. The molecule has 0 fully saturated rings. The van der Waals surface area contributed by atoms with E-state index in [0.717, 1.165) is 0 Å². The van der Waals surface area contributed by atoms with Crippen molar-refractivity contribution in [3.8, 4) is 0 Å². The number of hydrogen-bond donors (Lipinski definition) is 3. The summed E-state index contributed by atoms with van der Waals surface area (Å²) in [5.41, 5.74) is 0.0165. The van der Waals surface area contributed by atoms with Gasteiger partial charge in [0, 0.05) is 26.7 Å². The van der Waals surface area contributed by atoms with E-state index in [0.29, 0.717) is 32.7 Å². The van der Waals surface area contributed by atoms with Gasteiger partial charge < -0.3 is 20.7 Å². The number of carbonyl (C=O) groups is 2. The zero-order chi connectivity index (χ0) is 15.5. The maximum absolute atomic E-state index is 13.3. The Morgan fingerprint density at radius 2 is 1.76 bits per heavy atom. The molecule has 0 aromatic heterocycles. The molecular weight excluding hydrogens is 277 g/mol. The molecule has 3 amide bonds. The summed E-state index contributed by atoms with van der Waals surface area (Å²) in [5.74, 6) is -1.01. The molecule has 0 unspecified atom stereocenters. The second-order valence-corrected chi connectivity index (χ2v) is 4.26. The highest BCUT2D eigenvalue weighted by molar-refractivity contribution is 5.94. The van der Waals surface area contributed by atoms with Gasteiger partial charge in [-0.3, -0.25) is 4.79 Å². The van der Waals surface area contributed by atoms with Crippen molar-refractivity contribution in [2.24, 2.45) is 0 Å². The monoisotopic (exact) mass is 297 g/mol. The number of nitrogens with one attached hydrogen (secondary N) is 3. The van der Waals surface area contributed by atoms with Crippen molar-refractivity contribution in [3.05, 3.63) is 35.6 Å². The van der Waals surface area contributed by atoms with E-state index >= 15 is 0 Å². The number of amides is 3. The van der Waals surface area contributed by atoms with Crippen LogP contribution < -0.4 is 16.0 Å². The van der Waals surface area contributed by atoms with E-state index in [-0.39, 0.29) is 11.6 Å². The Morgan fingerprint density at radius 3 is 2.48 bits per heavy atom. The lowest BCUT2D eigenvalue weighted by molar-refractivity contribution is 0.0949. The Morgan fingerprint density at radius 1 is 1.10 bits per heavy atom. The van der Waals surface area contributed by atoms with E-state index < -0.39 is 11.7 Å². The van der Waals surface area contributed by atoms with E-state index in [9.17, 15) is 14.0 Å². The van der Waals surface area contributed by atoms with Crippen LogP contribution in [0.25, 0.3) is 0 Å². The zero-order valence-electron chi connectivity index (χ0n) is 11.9. The molecule has 0 spiro atoms. The highest BCUT2D eigenvalue weighted by atomic mass is 19.1. The Hall–Kier alpha value is -2.15. The summed E-state index contributed by atoms with van der Waals surface area (Å²) in [7, 11) is 1.55. The van der Waals surface area contributed by atoms with Gasteiger partial charge in [0.1, 0.15) is 5.82 Å². The van der Waals surface area contributed by atoms with Gasteiger partial charge in [-0.2, -0.15) is 0 Å². The van der Waals surface area contributed by atoms with E-state index in [1.54, 1.807) is 13.2 Å². The molecule has 0 saturated heterocycles. The van der Waals surface area contributed by atoms with Crippen LogP contribution >= 0.6 is 0 Å². The second kappa shape index (κ2) is 9.71. The Bertz CT molecular complexity index is 469. The third kappa shape index (κ3) is 6.71. The molecule has 3 N–H and O–H groups in total. The number of hydrogen-bond acceptors (Lipinski definition) is 3. The zero-order valence-corrected chi connectivity index (χ0v) is 11.9. The summed E-state index contributed by atoms with van der Waals surface area (Å²) in [6, 6.07) is 5.50. The first kappa shape index (κ1) is 16.9. The summed E-state index contributed by atoms with van der Waals surface area (Å²) in [4.78, 5) is 22.9. The standard InChI is InChI=1S/C14H20FN3O3/c1-21-10-9-18-14(20)17-8-4-7-16-13(19)11-5-2-3-6-12(11)15/h2-3,5-6H,4,7-10H2,1H3,(H,16,19)(H2,17,18,20). The topological polar surface area (TPSA) is 79.5 Å². The first-order valence-electron chi connectivity index (χ1n) is 6.68. The fourth-order valence-electron chi connectivity index (χ4n) is 1.56. The molecule has 0 heterocycles. The minimum absolute atomic E-state index is 0.0165. The van der Waals surface area contributed by atoms with Crippen LogP contribution in [0.1, 0.15) is 16.8 Å². The lowest BCUT2D eigenvalue weighted by Crippen LogP contribution is -2.38. The molecule has 1 aromatic carbocycles. The van der Waals surface area contributed by atoms with Gasteiger partial charge in [-0.05, 0) is 18.6 Å². The quantitative estimate of drug-likeness (QED) is 0.624. The molecule has 21 heavy (non-hydrogen) atoms. The van der Waals surface area contributed by atoms with Gasteiger partial charge >= 0.3 is 6.03 Å². The largest absolute Gasteiger partial charge is 0.383 e. The number of benzene rings is 1. The molecule has 6 nitrogen and oxygen atoms in total. The van der Waals surface area contributed by atoms with Gasteiger partial charge in [-0.25, -0.2) is 9.18 Å². The molecule has 0 aliphatic heterocycles. The summed E-state index contributed by atoms with van der Waals surface area (Å²) < 4.78 is 18.1. The second-order valence-electron chi connectivity index (χ2n) is 4.26. The molecule has 0 aliphatic rings.